The summed E-state index contributed by atoms with van der Waals surface area (Å²) < 4.78 is 0. The van der Waals surface area contributed by atoms with Gasteiger partial charge >= 0.3 is 5.97 Å². The van der Waals surface area contributed by atoms with E-state index < -0.39 is 11.9 Å². The van der Waals surface area contributed by atoms with E-state index in [4.69, 9.17) is 11.6 Å². The number of halogens is 1. The molecule has 2 atom stereocenters. The van der Waals surface area contributed by atoms with Gasteiger partial charge in [-0.05, 0) is 30.5 Å². The average molecular weight is 350 g/mol. The number of hydrogen-bond donors (Lipinski definition) is 1. The van der Waals surface area contributed by atoms with Gasteiger partial charge in [0, 0.05) is 29.9 Å². The van der Waals surface area contributed by atoms with E-state index in [1.807, 2.05) is 12.1 Å². The fourth-order valence-electron chi connectivity index (χ4n) is 4.07. The standard InChI is InChI=1S/C19H24ClNO3/c20-15-9-7-13(8-10-15)16-11-21(12-17(16)19(23)24)18(22)14-5-3-1-2-4-6-14/h7-10,14,16-17H,1-6,11-12H2,(H,23,24)/t16-,17+/m0/s1. The van der Waals surface area contributed by atoms with Crippen LogP contribution in [0.2, 0.25) is 5.02 Å². The van der Waals surface area contributed by atoms with Gasteiger partial charge in [0.05, 0.1) is 5.92 Å². The molecule has 1 aromatic rings. The van der Waals surface area contributed by atoms with E-state index in [1.165, 1.54) is 12.8 Å². The summed E-state index contributed by atoms with van der Waals surface area (Å²) in [6, 6.07) is 7.32. The fourth-order valence-corrected chi connectivity index (χ4v) is 4.19. The maximum absolute atomic E-state index is 12.9. The molecule has 1 aliphatic carbocycles. The molecule has 5 heteroatoms. The largest absolute Gasteiger partial charge is 0.481 e. The minimum Gasteiger partial charge on any atom is -0.481 e. The van der Waals surface area contributed by atoms with Crippen LogP contribution in [0.1, 0.15) is 50.0 Å². The lowest BCUT2D eigenvalue weighted by atomic mass is 9.89. The van der Waals surface area contributed by atoms with Crippen LogP contribution in [0.4, 0.5) is 0 Å². The minimum absolute atomic E-state index is 0.0749. The number of aliphatic carboxylic acids is 1. The number of carboxylic acid groups (broad SMARTS) is 1. The molecule has 0 aromatic heterocycles. The first-order chi connectivity index (χ1) is 11.6. The number of carbonyl (C=O) groups is 2. The highest BCUT2D eigenvalue weighted by atomic mass is 35.5. The SMILES string of the molecule is O=C(O)[C@@H]1CN(C(=O)C2CCCCCC2)C[C@H]1c1ccc(Cl)cc1. The Bertz CT molecular complexity index is 593. The molecule has 0 radical (unpaired) electrons. The lowest BCUT2D eigenvalue weighted by molar-refractivity contribution is -0.142. The van der Waals surface area contributed by atoms with Crippen molar-refractivity contribution in [3.63, 3.8) is 0 Å². The van der Waals surface area contributed by atoms with Gasteiger partial charge in [-0.1, -0.05) is 49.4 Å². The molecule has 1 saturated heterocycles. The molecule has 1 heterocycles. The second kappa shape index (κ2) is 7.56. The first kappa shape index (κ1) is 17.3. The van der Waals surface area contributed by atoms with Crippen molar-refractivity contribution in [1.82, 2.24) is 4.90 Å². The molecule has 24 heavy (non-hydrogen) atoms. The van der Waals surface area contributed by atoms with E-state index in [0.29, 0.717) is 18.1 Å². The molecule has 1 saturated carbocycles. The van der Waals surface area contributed by atoms with E-state index in [9.17, 15) is 14.7 Å². The van der Waals surface area contributed by atoms with E-state index in [1.54, 1.807) is 17.0 Å². The third-order valence-corrected chi connectivity index (χ3v) is 5.70. The summed E-state index contributed by atoms with van der Waals surface area (Å²) >= 11 is 5.93. The maximum Gasteiger partial charge on any atom is 0.308 e. The fraction of sp³-hybridized carbons (Fsp3) is 0.579. The molecule has 3 rings (SSSR count). The van der Waals surface area contributed by atoms with Crippen LogP contribution in [0, 0.1) is 11.8 Å². The molecule has 0 spiro atoms. The quantitative estimate of drug-likeness (QED) is 0.841. The minimum atomic E-state index is -0.828. The monoisotopic (exact) mass is 349 g/mol. The van der Waals surface area contributed by atoms with Gasteiger partial charge in [0.2, 0.25) is 5.91 Å². The van der Waals surface area contributed by atoms with Gasteiger partial charge in [-0.15, -0.1) is 0 Å². The molecule has 0 unspecified atom stereocenters. The van der Waals surface area contributed by atoms with Crippen molar-refractivity contribution in [3.8, 4) is 0 Å². The van der Waals surface area contributed by atoms with Gasteiger partial charge in [0.25, 0.3) is 0 Å². The van der Waals surface area contributed by atoms with Crippen molar-refractivity contribution in [2.24, 2.45) is 11.8 Å². The molecule has 1 aliphatic heterocycles. The van der Waals surface area contributed by atoms with Gasteiger partial charge in [0.15, 0.2) is 0 Å². The Hall–Kier alpha value is -1.55. The number of nitrogens with zero attached hydrogens (tertiary/aromatic N) is 1. The third kappa shape index (κ3) is 3.75. The molecule has 1 amide bonds. The molecule has 2 aliphatic rings. The summed E-state index contributed by atoms with van der Waals surface area (Å²) in [6.45, 7) is 0.811. The summed E-state index contributed by atoms with van der Waals surface area (Å²) in [5.74, 6) is -1.30. The van der Waals surface area contributed by atoms with Crippen LogP contribution in [0.5, 0.6) is 0 Å². The van der Waals surface area contributed by atoms with Gasteiger partial charge in [-0.2, -0.15) is 0 Å². The van der Waals surface area contributed by atoms with E-state index >= 15 is 0 Å². The number of rotatable bonds is 3. The highest BCUT2D eigenvalue weighted by molar-refractivity contribution is 6.30. The molecule has 0 bridgehead atoms. The van der Waals surface area contributed by atoms with Crippen LogP contribution >= 0.6 is 11.6 Å². The Kier molecular flexibility index (Phi) is 5.44. The Morgan fingerprint density at radius 2 is 1.62 bits per heavy atom. The van der Waals surface area contributed by atoms with E-state index in [-0.39, 0.29) is 17.7 Å². The predicted octanol–water partition coefficient (Wildman–Crippen LogP) is 3.94. The van der Waals surface area contributed by atoms with Crippen LogP contribution in [0.25, 0.3) is 0 Å². The number of carbonyl (C=O) groups excluding carboxylic acids is 1. The second-order valence-electron chi connectivity index (χ2n) is 7.03. The molecule has 2 fully saturated rings. The van der Waals surface area contributed by atoms with Crippen LogP contribution in [-0.4, -0.2) is 35.0 Å². The Morgan fingerprint density at radius 1 is 1.00 bits per heavy atom. The van der Waals surface area contributed by atoms with Crippen molar-refractivity contribution in [1.29, 1.82) is 0 Å². The zero-order chi connectivity index (χ0) is 17.1. The van der Waals surface area contributed by atoms with Crippen LogP contribution in [0.15, 0.2) is 24.3 Å². The molecular weight excluding hydrogens is 326 g/mol. The maximum atomic E-state index is 12.9. The van der Waals surface area contributed by atoms with Crippen molar-refractivity contribution < 1.29 is 14.7 Å². The Labute approximate surface area is 147 Å². The molecule has 1 N–H and O–H groups in total. The normalized spacial score (nSPS) is 25.5. The summed E-state index contributed by atoms with van der Waals surface area (Å²) in [5, 5.41) is 10.2. The second-order valence-corrected chi connectivity index (χ2v) is 7.47. The first-order valence-corrected chi connectivity index (χ1v) is 9.21. The van der Waals surface area contributed by atoms with E-state index in [0.717, 1.165) is 31.2 Å². The highest BCUT2D eigenvalue weighted by Gasteiger charge is 2.41. The van der Waals surface area contributed by atoms with Crippen molar-refractivity contribution >= 4 is 23.5 Å². The van der Waals surface area contributed by atoms with Crippen molar-refractivity contribution in [2.45, 2.75) is 44.4 Å². The molecular formula is C19H24ClNO3. The van der Waals surface area contributed by atoms with Crippen LogP contribution < -0.4 is 0 Å². The van der Waals surface area contributed by atoms with Crippen molar-refractivity contribution in [2.75, 3.05) is 13.1 Å². The summed E-state index contributed by atoms with van der Waals surface area (Å²) in [7, 11) is 0. The number of carboxylic acids is 1. The molecule has 4 nitrogen and oxygen atoms in total. The highest BCUT2D eigenvalue weighted by Crippen LogP contribution is 2.35. The predicted molar refractivity (Wildman–Crippen MR) is 93.1 cm³/mol. The number of benzene rings is 1. The number of amides is 1. The van der Waals surface area contributed by atoms with E-state index in [2.05, 4.69) is 0 Å². The third-order valence-electron chi connectivity index (χ3n) is 5.45. The molecule has 130 valence electrons. The lowest BCUT2D eigenvalue weighted by Gasteiger charge is -2.22. The number of likely N-dealkylation sites (tertiary alicyclic amines) is 1. The lowest BCUT2D eigenvalue weighted by Crippen LogP contribution is -2.35. The Balaban J connectivity index is 1.75. The average Bonchev–Trinajstić information content (AvgIpc) is 2.84. The van der Waals surface area contributed by atoms with Gasteiger partial charge < -0.3 is 10.0 Å². The summed E-state index contributed by atoms with van der Waals surface area (Å²) in [5.41, 5.74) is 0.947. The number of hydrogen-bond acceptors (Lipinski definition) is 2. The van der Waals surface area contributed by atoms with Gasteiger partial charge in [0.1, 0.15) is 0 Å². The summed E-state index contributed by atoms with van der Waals surface area (Å²) in [6.07, 6.45) is 6.50. The van der Waals surface area contributed by atoms with Crippen molar-refractivity contribution in [3.05, 3.63) is 34.9 Å². The first-order valence-electron chi connectivity index (χ1n) is 8.83. The summed E-state index contributed by atoms with van der Waals surface area (Å²) in [4.78, 5) is 26.3. The Morgan fingerprint density at radius 3 is 2.21 bits per heavy atom. The van der Waals surface area contributed by atoms with Crippen LogP contribution in [0.3, 0.4) is 0 Å². The zero-order valence-electron chi connectivity index (χ0n) is 13.8. The molecule has 1 aromatic carbocycles. The smallest absolute Gasteiger partial charge is 0.308 e. The topological polar surface area (TPSA) is 57.6 Å². The van der Waals surface area contributed by atoms with Crippen LogP contribution in [-0.2, 0) is 9.59 Å². The van der Waals surface area contributed by atoms with Gasteiger partial charge in [-0.25, -0.2) is 0 Å². The zero-order valence-corrected chi connectivity index (χ0v) is 14.5. The van der Waals surface area contributed by atoms with Gasteiger partial charge in [-0.3, -0.25) is 9.59 Å².